The molecule has 3 fully saturated rings. The predicted molar refractivity (Wildman–Crippen MR) is 138 cm³/mol. The minimum atomic E-state index is -1.83. The molecule has 0 amide bonds. The van der Waals surface area contributed by atoms with E-state index in [0.717, 1.165) is 73.9 Å². The zero-order valence-electron chi connectivity index (χ0n) is 20.3. The van der Waals surface area contributed by atoms with Crippen molar-refractivity contribution in [2.45, 2.75) is 62.7 Å². The second-order valence-electron chi connectivity index (χ2n) is 10.8. The fraction of sp³-hybridized carbons (Fsp3) is 0.654. The molecule has 1 saturated carbocycles. The van der Waals surface area contributed by atoms with Crippen LogP contribution in [0.2, 0.25) is 0 Å². The number of H-pyrrole nitrogens is 1. The number of nitrogens with zero attached hydrogens (tertiary/aromatic N) is 5. The maximum Gasteiger partial charge on any atom is 0.171 e. The molecule has 3 unspecified atom stereocenters. The summed E-state index contributed by atoms with van der Waals surface area (Å²) < 4.78 is 23.0. The molecular formula is C26H36N6O2S. The molecule has 6 rings (SSSR count). The van der Waals surface area contributed by atoms with E-state index in [1.165, 1.54) is 37.7 Å². The van der Waals surface area contributed by atoms with Crippen LogP contribution in [-0.4, -0.2) is 76.8 Å². The number of hydrogen-bond acceptors (Lipinski definition) is 6. The Balaban J connectivity index is 1.16. The van der Waals surface area contributed by atoms with Gasteiger partial charge in [-0.1, -0.05) is 0 Å². The molecular weight excluding hydrogens is 460 g/mol. The van der Waals surface area contributed by atoms with Gasteiger partial charge in [0.05, 0.1) is 6.20 Å². The lowest BCUT2D eigenvalue weighted by Crippen LogP contribution is -2.50. The van der Waals surface area contributed by atoms with Crippen molar-refractivity contribution in [3.8, 4) is 0 Å². The van der Waals surface area contributed by atoms with Crippen molar-refractivity contribution in [2.24, 2.45) is 11.8 Å². The van der Waals surface area contributed by atoms with Crippen molar-refractivity contribution < 1.29 is 8.76 Å². The lowest BCUT2D eigenvalue weighted by Gasteiger charge is -2.42. The smallest absolute Gasteiger partial charge is 0.171 e. The highest BCUT2D eigenvalue weighted by Gasteiger charge is 2.38. The summed E-state index contributed by atoms with van der Waals surface area (Å²) in [6.07, 6.45) is 14.5. The maximum absolute atomic E-state index is 12.6. The van der Waals surface area contributed by atoms with Gasteiger partial charge in [-0.15, -0.1) is 0 Å². The largest absolute Gasteiger partial charge is 0.305 e. The highest BCUT2D eigenvalue weighted by atomic mass is 32.2. The fourth-order valence-electron chi connectivity index (χ4n) is 6.99. The van der Waals surface area contributed by atoms with Crippen molar-refractivity contribution in [1.29, 1.82) is 0 Å². The van der Waals surface area contributed by atoms with Gasteiger partial charge in [0.2, 0.25) is 0 Å². The van der Waals surface area contributed by atoms with Gasteiger partial charge in [-0.05, 0) is 88.9 Å². The summed E-state index contributed by atoms with van der Waals surface area (Å²) in [5.41, 5.74) is 1.93. The van der Waals surface area contributed by atoms with Crippen LogP contribution < -0.4 is 0 Å². The van der Waals surface area contributed by atoms with E-state index in [-0.39, 0.29) is 11.3 Å². The van der Waals surface area contributed by atoms with E-state index >= 15 is 0 Å². The van der Waals surface area contributed by atoms with Crippen LogP contribution in [0.5, 0.6) is 0 Å². The standard InChI is InChI=1S/C26H36N6O2S/c33-35(34)26(32-13-3-4-18(17-32)16-31-11-1-2-12-31)20-7-5-19(6-8-20)24-23-21(15-29-30-24)14-28-25-22(23)9-10-27-25/h9-10,14-15,18-20,26,30H,1-8,11-13,16-17H2,(H,33,34). The van der Waals surface area contributed by atoms with E-state index in [9.17, 15) is 8.76 Å². The average Bonchev–Trinajstić information content (AvgIpc) is 3.56. The number of aromatic amines is 1. The van der Waals surface area contributed by atoms with E-state index < -0.39 is 11.1 Å². The van der Waals surface area contributed by atoms with Crippen molar-refractivity contribution in [3.63, 3.8) is 0 Å². The normalized spacial score (nSPS) is 28.5. The van der Waals surface area contributed by atoms with Gasteiger partial charge in [0.25, 0.3) is 0 Å². The van der Waals surface area contributed by atoms with E-state index in [2.05, 4.69) is 30.0 Å². The maximum atomic E-state index is 12.6. The Morgan fingerprint density at radius 1 is 1.06 bits per heavy atom. The summed E-state index contributed by atoms with van der Waals surface area (Å²) in [6.45, 7) is 5.50. The van der Waals surface area contributed by atoms with E-state index in [4.69, 9.17) is 0 Å². The van der Waals surface area contributed by atoms with E-state index in [1.807, 2.05) is 24.7 Å². The quantitative estimate of drug-likeness (QED) is 0.495. The van der Waals surface area contributed by atoms with Crippen LogP contribution in [-0.2, 0) is 11.1 Å². The van der Waals surface area contributed by atoms with Crippen LogP contribution >= 0.6 is 0 Å². The molecule has 0 aromatic carbocycles. The highest BCUT2D eigenvalue weighted by Crippen LogP contribution is 2.41. The van der Waals surface area contributed by atoms with Crippen LogP contribution in [0.4, 0.5) is 0 Å². The Kier molecular flexibility index (Phi) is 6.84. The Labute approximate surface area is 209 Å². The van der Waals surface area contributed by atoms with Crippen molar-refractivity contribution in [3.05, 3.63) is 30.4 Å². The number of fused-ring (bicyclic) bond motifs is 3. The molecule has 188 valence electrons. The van der Waals surface area contributed by atoms with Gasteiger partial charge in [0.1, 0.15) is 5.37 Å². The van der Waals surface area contributed by atoms with Gasteiger partial charge in [-0.3, -0.25) is 10.00 Å². The zero-order chi connectivity index (χ0) is 23.8. The van der Waals surface area contributed by atoms with Gasteiger partial charge in [0, 0.05) is 53.3 Å². The molecule has 2 aliphatic heterocycles. The van der Waals surface area contributed by atoms with Gasteiger partial charge < -0.3 is 9.45 Å². The predicted octanol–water partition coefficient (Wildman–Crippen LogP) is 4.14. The van der Waals surface area contributed by atoms with Crippen LogP contribution in [0, 0.1) is 11.8 Å². The minimum absolute atomic E-state index is 0.248. The Hall–Kier alpha value is -1.94. The number of nitrogens with one attached hydrogen (secondary N) is 1. The average molecular weight is 497 g/mol. The lowest BCUT2D eigenvalue weighted by molar-refractivity contribution is 0.0950. The first-order valence-electron chi connectivity index (χ1n) is 13.3. The van der Waals surface area contributed by atoms with Gasteiger partial charge in [-0.2, -0.15) is 5.10 Å². The summed E-state index contributed by atoms with van der Waals surface area (Å²) in [6, 6.07) is 2.04. The SMILES string of the molecule is O=S(O)C(C1CCC(c2[nH]ncc3cnc4nccc4c23)CC1)N1CCCC(CN2CCCC2)C1. The van der Waals surface area contributed by atoms with Crippen LogP contribution in [0.3, 0.4) is 0 Å². The van der Waals surface area contributed by atoms with Crippen molar-refractivity contribution in [2.75, 3.05) is 32.7 Å². The zero-order valence-corrected chi connectivity index (χ0v) is 21.1. The third-order valence-electron chi connectivity index (χ3n) is 8.64. The summed E-state index contributed by atoms with van der Waals surface area (Å²) in [4.78, 5) is 13.8. The van der Waals surface area contributed by atoms with Gasteiger partial charge in [0.15, 0.2) is 16.7 Å². The highest BCUT2D eigenvalue weighted by molar-refractivity contribution is 7.79. The Morgan fingerprint density at radius 2 is 1.89 bits per heavy atom. The molecule has 2 saturated heterocycles. The first kappa shape index (κ1) is 23.5. The summed E-state index contributed by atoms with van der Waals surface area (Å²) >= 11 is -1.83. The van der Waals surface area contributed by atoms with Gasteiger partial charge in [-0.25, -0.2) is 14.2 Å². The summed E-state index contributed by atoms with van der Waals surface area (Å²) in [5.74, 6) is 1.24. The molecule has 3 aromatic heterocycles. The Bertz CT molecular complexity index is 1190. The molecule has 0 radical (unpaired) electrons. The summed E-state index contributed by atoms with van der Waals surface area (Å²) in [5, 5.41) is 10.7. The van der Waals surface area contributed by atoms with Crippen molar-refractivity contribution >= 4 is 32.9 Å². The topological polar surface area (TPSA) is 98.2 Å². The van der Waals surface area contributed by atoms with Crippen molar-refractivity contribution in [1.82, 2.24) is 30.0 Å². The first-order chi connectivity index (χ1) is 17.2. The van der Waals surface area contributed by atoms with Gasteiger partial charge >= 0.3 is 0 Å². The molecule has 0 spiro atoms. The lowest BCUT2D eigenvalue weighted by atomic mass is 9.78. The minimum Gasteiger partial charge on any atom is -0.305 e. The molecule has 35 heavy (non-hydrogen) atoms. The molecule has 3 aliphatic rings. The van der Waals surface area contributed by atoms with E-state index in [1.54, 1.807) is 0 Å². The second kappa shape index (κ2) is 10.2. The van der Waals surface area contributed by atoms with Crippen LogP contribution in [0.25, 0.3) is 21.8 Å². The first-order valence-corrected chi connectivity index (χ1v) is 14.5. The number of likely N-dealkylation sites (tertiary alicyclic amines) is 2. The molecule has 3 atom stereocenters. The molecule has 9 heteroatoms. The number of pyridine rings is 1. The number of piperidine rings is 1. The van der Waals surface area contributed by atoms with E-state index in [0.29, 0.717) is 11.8 Å². The molecule has 3 aromatic rings. The second-order valence-corrected chi connectivity index (χ2v) is 11.9. The number of hydrogen-bond donors (Lipinski definition) is 2. The molecule has 8 nitrogen and oxygen atoms in total. The fourth-order valence-corrected chi connectivity index (χ4v) is 8.04. The van der Waals surface area contributed by atoms with Crippen LogP contribution in [0.1, 0.15) is 63.0 Å². The number of rotatable bonds is 6. The van der Waals surface area contributed by atoms with Crippen LogP contribution in [0.15, 0.2) is 24.7 Å². The molecule has 2 N–H and O–H groups in total. The Morgan fingerprint density at radius 3 is 2.69 bits per heavy atom. The molecule has 5 heterocycles. The third kappa shape index (κ3) is 4.75. The number of aromatic nitrogens is 4. The monoisotopic (exact) mass is 496 g/mol. The molecule has 1 aliphatic carbocycles. The summed E-state index contributed by atoms with van der Waals surface area (Å²) in [7, 11) is 0. The third-order valence-corrected chi connectivity index (χ3v) is 9.73. The molecule has 0 bridgehead atoms.